The van der Waals surface area contributed by atoms with Crippen molar-refractivity contribution in [2.75, 3.05) is 25.0 Å². The Morgan fingerprint density at radius 3 is 2.71 bits per heavy atom. The molecule has 1 fully saturated rings. The fourth-order valence-corrected chi connectivity index (χ4v) is 4.86. The average molecular weight is 398 g/mol. The van der Waals surface area contributed by atoms with E-state index in [2.05, 4.69) is 51.0 Å². The van der Waals surface area contributed by atoms with Gasteiger partial charge in [0.05, 0.1) is 22.5 Å². The molecule has 0 spiro atoms. The summed E-state index contributed by atoms with van der Waals surface area (Å²) in [6.07, 6.45) is 2.21. The molecule has 1 aromatic carbocycles. The van der Waals surface area contributed by atoms with Crippen molar-refractivity contribution in [2.24, 2.45) is 5.92 Å². The van der Waals surface area contributed by atoms with Crippen LogP contribution in [0.2, 0.25) is 0 Å². The number of fused-ring (bicyclic) bond motifs is 1. The first-order chi connectivity index (χ1) is 13.5. The van der Waals surface area contributed by atoms with Crippen LogP contribution in [0, 0.1) is 26.7 Å². The molecule has 1 aliphatic rings. The first-order valence-corrected chi connectivity index (χ1v) is 10.7. The predicted octanol–water partition coefficient (Wildman–Crippen LogP) is 3.77. The van der Waals surface area contributed by atoms with Crippen molar-refractivity contribution in [2.45, 2.75) is 40.2 Å². The van der Waals surface area contributed by atoms with Gasteiger partial charge in [0.1, 0.15) is 0 Å². The SMILES string of the molecule is Cc1ccc2nc(NC(=O)CN3CCC(Cn4nc(C)cc4C)CC3)sc2c1. The Bertz CT molecular complexity index is 984. The number of anilines is 1. The minimum absolute atomic E-state index is 0.0211. The zero-order valence-corrected chi connectivity index (χ0v) is 17.6. The summed E-state index contributed by atoms with van der Waals surface area (Å²) in [5.74, 6) is 0.651. The molecule has 0 saturated carbocycles. The van der Waals surface area contributed by atoms with Crippen LogP contribution in [0.5, 0.6) is 0 Å². The minimum atomic E-state index is 0.0211. The number of nitrogens with zero attached hydrogens (tertiary/aromatic N) is 4. The van der Waals surface area contributed by atoms with Gasteiger partial charge in [-0.25, -0.2) is 4.98 Å². The molecular formula is C21H27N5OS. The number of hydrogen-bond donors (Lipinski definition) is 1. The van der Waals surface area contributed by atoms with Crippen LogP contribution < -0.4 is 5.32 Å². The van der Waals surface area contributed by atoms with Crippen molar-refractivity contribution in [3.63, 3.8) is 0 Å². The van der Waals surface area contributed by atoms with E-state index in [0.717, 1.165) is 48.4 Å². The predicted molar refractivity (Wildman–Crippen MR) is 114 cm³/mol. The van der Waals surface area contributed by atoms with Crippen LogP contribution in [0.15, 0.2) is 24.3 Å². The summed E-state index contributed by atoms with van der Waals surface area (Å²) in [5.41, 5.74) is 4.45. The summed E-state index contributed by atoms with van der Waals surface area (Å²) >= 11 is 1.54. The molecule has 3 aromatic rings. The number of aryl methyl sites for hydroxylation is 3. The van der Waals surface area contributed by atoms with Crippen LogP contribution in [0.3, 0.4) is 0 Å². The van der Waals surface area contributed by atoms with E-state index in [1.54, 1.807) is 0 Å². The molecule has 1 amide bonds. The van der Waals surface area contributed by atoms with Gasteiger partial charge in [0, 0.05) is 12.2 Å². The maximum absolute atomic E-state index is 12.4. The second-order valence-electron chi connectivity index (χ2n) is 7.87. The molecule has 148 valence electrons. The van der Waals surface area contributed by atoms with Crippen LogP contribution in [0.25, 0.3) is 10.2 Å². The van der Waals surface area contributed by atoms with E-state index in [4.69, 9.17) is 0 Å². The third kappa shape index (κ3) is 4.42. The average Bonchev–Trinajstić information content (AvgIpc) is 3.17. The second-order valence-corrected chi connectivity index (χ2v) is 8.90. The van der Waals surface area contributed by atoms with Crippen LogP contribution in [-0.2, 0) is 11.3 Å². The van der Waals surface area contributed by atoms with Crippen LogP contribution in [-0.4, -0.2) is 45.2 Å². The van der Waals surface area contributed by atoms with Gasteiger partial charge < -0.3 is 5.32 Å². The summed E-state index contributed by atoms with van der Waals surface area (Å²) in [6, 6.07) is 8.29. The van der Waals surface area contributed by atoms with Gasteiger partial charge in [0.15, 0.2) is 5.13 Å². The Morgan fingerprint density at radius 1 is 1.21 bits per heavy atom. The first-order valence-electron chi connectivity index (χ1n) is 9.87. The number of nitrogens with one attached hydrogen (secondary N) is 1. The van der Waals surface area contributed by atoms with E-state index in [9.17, 15) is 4.79 Å². The molecule has 28 heavy (non-hydrogen) atoms. The smallest absolute Gasteiger partial charge is 0.240 e. The maximum Gasteiger partial charge on any atom is 0.240 e. The lowest BCUT2D eigenvalue weighted by Crippen LogP contribution is -2.40. The van der Waals surface area contributed by atoms with Crippen molar-refractivity contribution in [1.29, 1.82) is 0 Å². The highest BCUT2D eigenvalue weighted by Crippen LogP contribution is 2.27. The van der Waals surface area contributed by atoms with E-state index < -0.39 is 0 Å². The van der Waals surface area contributed by atoms with E-state index >= 15 is 0 Å². The lowest BCUT2D eigenvalue weighted by Gasteiger charge is -2.31. The first kappa shape index (κ1) is 19.1. The number of rotatable bonds is 5. The lowest BCUT2D eigenvalue weighted by atomic mass is 9.97. The number of thiazole rings is 1. The number of piperidine rings is 1. The van der Waals surface area contributed by atoms with E-state index in [0.29, 0.717) is 17.6 Å². The molecule has 0 bridgehead atoms. The fraction of sp³-hybridized carbons (Fsp3) is 0.476. The highest BCUT2D eigenvalue weighted by molar-refractivity contribution is 7.22. The van der Waals surface area contributed by atoms with Gasteiger partial charge in [-0.1, -0.05) is 17.4 Å². The summed E-state index contributed by atoms with van der Waals surface area (Å²) in [4.78, 5) is 19.2. The Labute approximate surface area is 169 Å². The standard InChI is InChI=1S/C21H27N5OS/c1-14-4-5-18-19(10-14)28-21(22-18)23-20(27)13-25-8-6-17(7-9-25)12-26-16(3)11-15(2)24-26/h4-5,10-11,17H,6-9,12-13H2,1-3H3,(H,22,23,27). The number of hydrogen-bond acceptors (Lipinski definition) is 5. The van der Waals surface area contributed by atoms with E-state index in [1.807, 2.05) is 19.1 Å². The zero-order chi connectivity index (χ0) is 19.7. The fourth-order valence-electron chi connectivity index (χ4n) is 3.88. The topological polar surface area (TPSA) is 63.1 Å². The van der Waals surface area contributed by atoms with Crippen molar-refractivity contribution in [1.82, 2.24) is 19.7 Å². The Balaban J connectivity index is 1.27. The van der Waals surface area contributed by atoms with Crippen LogP contribution >= 0.6 is 11.3 Å². The van der Waals surface area contributed by atoms with Gasteiger partial charge in [-0.15, -0.1) is 0 Å². The van der Waals surface area contributed by atoms with Crippen LogP contribution in [0.4, 0.5) is 5.13 Å². The zero-order valence-electron chi connectivity index (χ0n) is 16.7. The van der Waals surface area contributed by atoms with Gasteiger partial charge in [-0.2, -0.15) is 5.10 Å². The Kier molecular flexibility index (Phi) is 5.46. The van der Waals surface area contributed by atoms with Crippen molar-refractivity contribution in [3.8, 4) is 0 Å². The summed E-state index contributed by atoms with van der Waals surface area (Å²) in [5, 5.41) is 8.23. The van der Waals surface area contributed by atoms with Gasteiger partial charge in [-0.05, 0) is 76.4 Å². The number of carbonyl (C=O) groups is 1. The third-order valence-corrected chi connectivity index (χ3v) is 6.33. The van der Waals surface area contributed by atoms with Gasteiger partial charge >= 0.3 is 0 Å². The van der Waals surface area contributed by atoms with Gasteiger partial charge in [0.2, 0.25) is 5.91 Å². The Hall–Kier alpha value is -2.25. The Morgan fingerprint density at radius 2 is 2.00 bits per heavy atom. The second kappa shape index (κ2) is 8.01. The molecule has 0 aliphatic carbocycles. The summed E-state index contributed by atoms with van der Waals surface area (Å²) < 4.78 is 3.23. The van der Waals surface area contributed by atoms with Gasteiger partial charge in [-0.3, -0.25) is 14.4 Å². The van der Waals surface area contributed by atoms with E-state index in [-0.39, 0.29) is 5.91 Å². The molecule has 0 unspecified atom stereocenters. The monoisotopic (exact) mass is 397 g/mol. The third-order valence-electron chi connectivity index (χ3n) is 5.40. The molecule has 7 heteroatoms. The molecule has 2 aromatic heterocycles. The maximum atomic E-state index is 12.4. The number of carbonyl (C=O) groups excluding carboxylic acids is 1. The van der Waals surface area contributed by atoms with Crippen LogP contribution in [0.1, 0.15) is 29.8 Å². The number of aromatic nitrogens is 3. The molecule has 0 atom stereocenters. The molecule has 4 rings (SSSR count). The molecule has 1 saturated heterocycles. The van der Waals surface area contributed by atoms with Crippen molar-refractivity contribution in [3.05, 3.63) is 41.2 Å². The molecule has 1 aliphatic heterocycles. The highest BCUT2D eigenvalue weighted by atomic mass is 32.1. The number of likely N-dealkylation sites (tertiary alicyclic amines) is 1. The number of amides is 1. The molecule has 6 nitrogen and oxygen atoms in total. The van der Waals surface area contributed by atoms with Crippen molar-refractivity contribution >= 4 is 32.6 Å². The molecular weight excluding hydrogens is 370 g/mol. The molecule has 3 heterocycles. The quantitative estimate of drug-likeness (QED) is 0.712. The largest absolute Gasteiger partial charge is 0.301 e. The summed E-state index contributed by atoms with van der Waals surface area (Å²) in [6.45, 7) is 9.54. The lowest BCUT2D eigenvalue weighted by molar-refractivity contribution is -0.117. The highest BCUT2D eigenvalue weighted by Gasteiger charge is 2.22. The molecule has 0 radical (unpaired) electrons. The molecule has 1 N–H and O–H groups in total. The normalized spacial score (nSPS) is 16.0. The van der Waals surface area contributed by atoms with E-state index in [1.165, 1.54) is 22.6 Å². The summed E-state index contributed by atoms with van der Waals surface area (Å²) in [7, 11) is 0. The number of benzene rings is 1. The minimum Gasteiger partial charge on any atom is -0.301 e. The van der Waals surface area contributed by atoms with Crippen molar-refractivity contribution < 1.29 is 4.79 Å². The van der Waals surface area contributed by atoms with Gasteiger partial charge in [0.25, 0.3) is 0 Å².